The molecule has 1 aliphatic heterocycles. The quantitative estimate of drug-likeness (QED) is 0.881. The number of amides is 1. The zero-order chi connectivity index (χ0) is 18.5. The number of anilines is 1. The second-order valence-corrected chi connectivity index (χ2v) is 7.62. The van der Waals surface area contributed by atoms with Crippen LogP contribution in [0.3, 0.4) is 0 Å². The Balaban J connectivity index is 1.39. The molecule has 5 heteroatoms. The third-order valence-electron chi connectivity index (χ3n) is 5.63. The van der Waals surface area contributed by atoms with E-state index in [1.807, 2.05) is 24.4 Å². The number of aryl methyl sites for hydroxylation is 2. The van der Waals surface area contributed by atoms with Crippen molar-refractivity contribution in [2.75, 3.05) is 18.0 Å². The smallest absolute Gasteiger partial charge is 0.225 e. The summed E-state index contributed by atoms with van der Waals surface area (Å²) >= 11 is 0. The van der Waals surface area contributed by atoms with Gasteiger partial charge in [-0.2, -0.15) is 0 Å². The van der Waals surface area contributed by atoms with Crippen molar-refractivity contribution in [1.82, 2.24) is 15.3 Å². The van der Waals surface area contributed by atoms with Crippen molar-refractivity contribution in [2.24, 2.45) is 0 Å². The van der Waals surface area contributed by atoms with Gasteiger partial charge >= 0.3 is 0 Å². The maximum atomic E-state index is 12.4. The Kier molecular flexibility index (Phi) is 5.66. The van der Waals surface area contributed by atoms with E-state index in [9.17, 15) is 4.79 Å². The molecule has 27 heavy (non-hydrogen) atoms. The summed E-state index contributed by atoms with van der Waals surface area (Å²) in [5.41, 5.74) is 3.42. The van der Waals surface area contributed by atoms with Gasteiger partial charge in [0.1, 0.15) is 0 Å². The minimum Gasteiger partial charge on any atom is -0.349 e. The number of rotatable bonds is 5. The topological polar surface area (TPSA) is 58.1 Å². The summed E-state index contributed by atoms with van der Waals surface area (Å²) in [4.78, 5) is 24.2. The van der Waals surface area contributed by atoms with Gasteiger partial charge in [-0.1, -0.05) is 30.3 Å². The van der Waals surface area contributed by atoms with Crippen LogP contribution >= 0.6 is 0 Å². The first-order chi connectivity index (χ1) is 13.3. The highest BCUT2D eigenvalue weighted by Gasteiger charge is 2.25. The van der Waals surface area contributed by atoms with Crippen LogP contribution in [0.5, 0.6) is 0 Å². The first-order valence-electron chi connectivity index (χ1n) is 10.2. The van der Waals surface area contributed by atoms with Crippen LogP contribution in [0.1, 0.15) is 61.4 Å². The highest BCUT2D eigenvalue weighted by molar-refractivity contribution is 5.76. The zero-order valence-corrected chi connectivity index (χ0v) is 15.9. The molecule has 4 rings (SSSR count). The summed E-state index contributed by atoms with van der Waals surface area (Å²) in [6.45, 7) is 2.11. The van der Waals surface area contributed by atoms with Gasteiger partial charge in [0.05, 0.1) is 11.7 Å². The molecule has 0 bridgehead atoms. The molecule has 5 nitrogen and oxygen atoms in total. The van der Waals surface area contributed by atoms with Crippen LogP contribution in [-0.4, -0.2) is 29.0 Å². The fourth-order valence-electron chi connectivity index (χ4n) is 4.10. The molecular weight excluding hydrogens is 336 g/mol. The number of carbonyl (C=O) groups is 1. The molecule has 0 saturated carbocycles. The molecular formula is C22H28N4O. The van der Waals surface area contributed by atoms with Crippen molar-refractivity contribution in [1.29, 1.82) is 0 Å². The van der Waals surface area contributed by atoms with Gasteiger partial charge in [0.2, 0.25) is 11.9 Å². The lowest BCUT2D eigenvalue weighted by Crippen LogP contribution is -2.34. The van der Waals surface area contributed by atoms with Gasteiger partial charge in [-0.25, -0.2) is 9.97 Å². The van der Waals surface area contributed by atoms with E-state index in [1.165, 1.54) is 24.8 Å². The predicted molar refractivity (Wildman–Crippen MR) is 107 cm³/mol. The minimum absolute atomic E-state index is 0.0485. The molecule has 1 saturated heterocycles. The van der Waals surface area contributed by atoms with Gasteiger partial charge in [-0.05, 0) is 50.5 Å². The Morgan fingerprint density at radius 1 is 1.11 bits per heavy atom. The Bertz CT molecular complexity index is 771. The molecule has 0 spiro atoms. The molecule has 1 aliphatic carbocycles. The molecule has 1 amide bonds. The number of nitrogens with one attached hydrogen (secondary N) is 1. The normalized spacial score (nSPS) is 19.4. The maximum Gasteiger partial charge on any atom is 0.225 e. The van der Waals surface area contributed by atoms with Crippen LogP contribution in [0, 0.1) is 0 Å². The van der Waals surface area contributed by atoms with Crippen LogP contribution in [0.15, 0.2) is 36.5 Å². The lowest BCUT2D eigenvalue weighted by Gasteiger charge is -2.29. The monoisotopic (exact) mass is 364 g/mol. The molecule has 2 heterocycles. The molecule has 1 atom stereocenters. The second kappa shape index (κ2) is 8.51. The molecule has 0 radical (unpaired) electrons. The molecule has 1 N–H and O–H groups in total. The Labute approximate surface area is 161 Å². The van der Waals surface area contributed by atoms with Crippen LogP contribution in [0.25, 0.3) is 0 Å². The predicted octanol–water partition coefficient (Wildman–Crippen LogP) is 3.59. The second-order valence-electron chi connectivity index (χ2n) is 7.62. The van der Waals surface area contributed by atoms with Crippen molar-refractivity contribution < 1.29 is 4.79 Å². The lowest BCUT2D eigenvalue weighted by molar-refractivity contribution is -0.121. The highest BCUT2D eigenvalue weighted by atomic mass is 16.1. The summed E-state index contributed by atoms with van der Waals surface area (Å²) in [6, 6.07) is 10.2. The van der Waals surface area contributed by atoms with Gasteiger partial charge < -0.3 is 10.2 Å². The molecule has 142 valence electrons. The summed E-state index contributed by atoms with van der Waals surface area (Å²) < 4.78 is 0. The summed E-state index contributed by atoms with van der Waals surface area (Å²) in [6.07, 6.45) is 10.0. The third-order valence-corrected chi connectivity index (χ3v) is 5.63. The molecule has 1 aromatic carbocycles. The van der Waals surface area contributed by atoms with Gasteiger partial charge in [-0.15, -0.1) is 0 Å². The average Bonchev–Trinajstić information content (AvgIpc) is 2.73. The van der Waals surface area contributed by atoms with Crippen molar-refractivity contribution >= 4 is 11.9 Å². The van der Waals surface area contributed by atoms with Crippen molar-refractivity contribution in [2.45, 2.75) is 57.4 Å². The van der Waals surface area contributed by atoms with Crippen LogP contribution in [-0.2, 0) is 17.6 Å². The first kappa shape index (κ1) is 18.0. The molecule has 0 unspecified atom stereocenters. The highest BCUT2D eigenvalue weighted by Crippen LogP contribution is 2.29. The maximum absolute atomic E-state index is 12.4. The Hall–Kier alpha value is -2.43. The third kappa shape index (κ3) is 4.46. The number of hydrogen-bond donors (Lipinski definition) is 1. The van der Waals surface area contributed by atoms with E-state index in [-0.39, 0.29) is 11.9 Å². The number of fused-ring (bicyclic) bond motifs is 1. The van der Waals surface area contributed by atoms with E-state index in [0.717, 1.165) is 56.0 Å². The average molecular weight is 364 g/mol. The number of piperidine rings is 1. The van der Waals surface area contributed by atoms with Gasteiger partial charge in [0, 0.05) is 31.3 Å². The number of carbonyl (C=O) groups excluding carboxylic acids is 1. The van der Waals surface area contributed by atoms with Crippen molar-refractivity contribution in [3.05, 3.63) is 53.3 Å². The number of benzene rings is 1. The molecule has 1 fully saturated rings. The largest absolute Gasteiger partial charge is 0.349 e. The first-order valence-corrected chi connectivity index (χ1v) is 10.2. The standard InChI is InChI=1S/C22H28N4O/c27-21(13-12-17-8-3-1-4-9-17)24-19-10-7-11-20-18(19)16-23-22(25-20)26-14-5-2-6-15-26/h1,3-4,8-9,16,19H,2,5-7,10-15H2,(H,24,27)/t19-/m0/s1. The fraction of sp³-hybridized carbons (Fsp3) is 0.500. The van der Waals surface area contributed by atoms with E-state index in [0.29, 0.717) is 6.42 Å². The van der Waals surface area contributed by atoms with E-state index >= 15 is 0 Å². The SMILES string of the molecule is O=C(CCc1ccccc1)N[C@H]1CCCc2nc(N3CCCCC3)ncc21. The zero-order valence-electron chi connectivity index (χ0n) is 15.9. The summed E-state index contributed by atoms with van der Waals surface area (Å²) in [5, 5.41) is 3.21. The van der Waals surface area contributed by atoms with Crippen LogP contribution < -0.4 is 10.2 Å². The lowest BCUT2D eigenvalue weighted by atomic mass is 9.92. The van der Waals surface area contributed by atoms with Crippen molar-refractivity contribution in [3.8, 4) is 0 Å². The Morgan fingerprint density at radius 3 is 2.74 bits per heavy atom. The van der Waals surface area contributed by atoms with Crippen LogP contribution in [0.2, 0.25) is 0 Å². The summed E-state index contributed by atoms with van der Waals surface area (Å²) in [5.74, 6) is 0.973. The van der Waals surface area contributed by atoms with Crippen LogP contribution in [0.4, 0.5) is 5.95 Å². The van der Waals surface area contributed by atoms with Crippen molar-refractivity contribution in [3.63, 3.8) is 0 Å². The number of hydrogen-bond acceptors (Lipinski definition) is 4. The Morgan fingerprint density at radius 2 is 1.93 bits per heavy atom. The number of nitrogens with zero attached hydrogens (tertiary/aromatic N) is 3. The molecule has 2 aromatic rings. The minimum atomic E-state index is 0.0485. The van der Waals surface area contributed by atoms with E-state index in [2.05, 4.69) is 27.3 Å². The molecule has 2 aliphatic rings. The van der Waals surface area contributed by atoms with E-state index in [1.54, 1.807) is 0 Å². The van der Waals surface area contributed by atoms with Gasteiger partial charge in [-0.3, -0.25) is 4.79 Å². The van der Waals surface area contributed by atoms with Gasteiger partial charge in [0.15, 0.2) is 0 Å². The van der Waals surface area contributed by atoms with E-state index < -0.39 is 0 Å². The fourth-order valence-corrected chi connectivity index (χ4v) is 4.10. The van der Waals surface area contributed by atoms with Gasteiger partial charge in [0.25, 0.3) is 0 Å². The van der Waals surface area contributed by atoms with E-state index in [4.69, 9.17) is 4.98 Å². The summed E-state index contributed by atoms with van der Waals surface area (Å²) in [7, 11) is 0. The molecule has 1 aromatic heterocycles. The number of aromatic nitrogens is 2.